The van der Waals surface area contributed by atoms with Gasteiger partial charge < -0.3 is 9.47 Å². The molecule has 0 aliphatic carbocycles. The number of carbonyl (C=O) groups excluding carboxylic acids is 1. The number of hydrogen-bond donors (Lipinski definition) is 0. The third-order valence-corrected chi connectivity index (χ3v) is 4.55. The van der Waals surface area contributed by atoms with E-state index in [9.17, 15) is 4.79 Å². The van der Waals surface area contributed by atoms with E-state index in [1.807, 2.05) is 35.0 Å². The molecule has 1 fully saturated rings. The second-order valence-electron chi connectivity index (χ2n) is 6.25. The van der Waals surface area contributed by atoms with Gasteiger partial charge in [-0.3, -0.25) is 9.48 Å². The van der Waals surface area contributed by atoms with Crippen molar-refractivity contribution in [3.8, 4) is 0 Å². The Balaban J connectivity index is 1.39. The van der Waals surface area contributed by atoms with E-state index >= 15 is 0 Å². The topological polar surface area (TPSA) is 56.0 Å². The molecular weight excluding hydrogens is 290 g/mol. The number of hydrogen-bond acceptors (Lipinski definition) is 3. The lowest BCUT2D eigenvalue weighted by molar-refractivity contribution is -0.137. The highest BCUT2D eigenvalue weighted by Gasteiger charge is 2.31. The summed E-state index contributed by atoms with van der Waals surface area (Å²) in [6, 6.07) is 8.22. The van der Waals surface area contributed by atoms with Crippen LogP contribution in [0.5, 0.6) is 0 Å². The molecule has 1 aromatic carbocycles. The maximum atomic E-state index is 12.5. The summed E-state index contributed by atoms with van der Waals surface area (Å²) in [6.07, 6.45) is 6.08. The monoisotopic (exact) mass is 309 g/mol. The lowest BCUT2D eigenvalue weighted by atomic mass is 9.99. The van der Waals surface area contributed by atoms with E-state index in [4.69, 9.17) is 0 Å². The Kier molecular flexibility index (Phi) is 3.37. The van der Waals surface area contributed by atoms with Gasteiger partial charge in [0.05, 0.1) is 12.6 Å². The van der Waals surface area contributed by atoms with E-state index in [0.717, 1.165) is 25.2 Å². The van der Waals surface area contributed by atoms with Gasteiger partial charge in [0.25, 0.3) is 0 Å². The average molecular weight is 309 g/mol. The molecule has 0 radical (unpaired) electrons. The Labute approximate surface area is 134 Å². The summed E-state index contributed by atoms with van der Waals surface area (Å²) in [5.74, 6) is 0.685. The van der Waals surface area contributed by atoms with Crippen LogP contribution in [0.25, 0.3) is 10.9 Å². The summed E-state index contributed by atoms with van der Waals surface area (Å²) in [4.78, 5) is 14.4. The molecule has 0 unspecified atom stereocenters. The summed E-state index contributed by atoms with van der Waals surface area (Å²) in [5, 5.41) is 8.95. The van der Waals surface area contributed by atoms with Crippen LogP contribution in [0.4, 0.5) is 0 Å². The van der Waals surface area contributed by atoms with Crippen LogP contribution in [0, 0.1) is 5.92 Å². The maximum Gasteiger partial charge on any atom is 0.227 e. The predicted molar refractivity (Wildman–Crippen MR) is 86.7 cm³/mol. The van der Waals surface area contributed by atoms with Crippen molar-refractivity contribution in [2.75, 3.05) is 13.1 Å². The van der Waals surface area contributed by atoms with Gasteiger partial charge in [-0.25, -0.2) is 0 Å². The third-order valence-electron chi connectivity index (χ3n) is 4.55. The molecule has 6 nitrogen and oxygen atoms in total. The zero-order chi connectivity index (χ0) is 15.8. The lowest BCUT2D eigenvalue weighted by Crippen LogP contribution is -2.51. The summed E-state index contributed by atoms with van der Waals surface area (Å²) >= 11 is 0. The highest BCUT2D eigenvalue weighted by Crippen LogP contribution is 2.23. The van der Waals surface area contributed by atoms with Crippen LogP contribution in [0.15, 0.2) is 42.9 Å². The van der Waals surface area contributed by atoms with Crippen molar-refractivity contribution in [2.24, 2.45) is 13.0 Å². The first-order valence-electron chi connectivity index (χ1n) is 7.85. The van der Waals surface area contributed by atoms with E-state index in [0.29, 0.717) is 12.3 Å². The highest BCUT2D eigenvalue weighted by atomic mass is 16.2. The molecule has 6 heteroatoms. The zero-order valence-electron chi connectivity index (χ0n) is 13.1. The minimum absolute atomic E-state index is 0.205. The van der Waals surface area contributed by atoms with Gasteiger partial charge in [-0.1, -0.05) is 23.4 Å². The normalized spacial score (nSPS) is 15.1. The molecule has 0 spiro atoms. The quantitative estimate of drug-likeness (QED) is 0.733. The SMILES string of the molecule is Cn1cc(CC(=O)N2CC(Cn3ccnn3)C2)c2ccccc21. The summed E-state index contributed by atoms with van der Waals surface area (Å²) < 4.78 is 3.92. The molecule has 0 N–H and O–H groups in total. The molecule has 0 bridgehead atoms. The number of benzene rings is 1. The highest BCUT2D eigenvalue weighted by molar-refractivity contribution is 5.89. The van der Waals surface area contributed by atoms with Crippen LogP contribution < -0.4 is 0 Å². The Morgan fingerprint density at radius 1 is 1.30 bits per heavy atom. The minimum Gasteiger partial charge on any atom is -0.350 e. The molecule has 1 amide bonds. The van der Waals surface area contributed by atoms with Gasteiger partial charge in [-0.2, -0.15) is 0 Å². The van der Waals surface area contributed by atoms with Gasteiger partial charge in [-0.15, -0.1) is 5.10 Å². The van der Waals surface area contributed by atoms with Crippen molar-refractivity contribution >= 4 is 16.8 Å². The number of fused-ring (bicyclic) bond motifs is 1. The van der Waals surface area contributed by atoms with Crippen molar-refractivity contribution in [1.82, 2.24) is 24.5 Å². The Hall–Kier alpha value is -2.63. The van der Waals surface area contributed by atoms with Gasteiger partial charge >= 0.3 is 0 Å². The first-order chi connectivity index (χ1) is 11.2. The molecule has 2 aromatic heterocycles. The smallest absolute Gasteiger partial charge is 0.227 e. The van der Waals surface area contributed by atoms with Crippen molar-refractivity contribution in [3.05, 3.63) is 48.4 Å². The van der Waals surface area contributed by atoms with Gasteiger partial charge in [0.15, 0.2) is 0 Å². The fourth-order valence-corrected chi connectivity index (χ4v) is 3.32. The third kappa shape index (κ3) is 2.60. The number of carbonyl (C=O) groups is 1. The number of nitrogens with zero attached hydrogens (tertiary/aromatic N) is 5. The molecule has 1 aliphatic heterocycles. The molecule has 0 atom stereocenters. The van der Waals surface area contributed by atoms with Gasteiger partial charge in [-0.05, 0) is 11.6 Å². The van der Waals surface area contributed by atoms with Crippen LogP contribution in [-0.4, -0.2) is 43.5 Å². The van der Waals surface area contributed by atoms with Crippen LogP contribution in [0.1, 0.15) is 5.56 Å². The molecule has 1 aliphatic rings. The lowest BCUT2D eigenvalue weighted by Gasteiger charge is -2.39. The first-order valence-corrected chi connectivity index (χ1v) is 7.85. The van der Waals surface area contributed by atoms with Crippen LogP contribution in [0.3, 0.4) is 0 Å². The molecule has 4 rings (SSSR count). The van der Waals surface area contributed by atoms with E-state index in [1.54, 1.807) is 6.20 Å². The number of rotatable bonds is 4. The van der Waals surface area contributed by atoms with Gasteiger partial charge in [0.2, 0.25) is 5.91 Å². The first kappa shape index (κ1) is 14.0. The summed E-state index contributed by atoms with van der Waals surface area (Å²) in [7, 11) is 2.02. The average Bonchev–Trinajstić information content (AvgIpc) is 3.12. The van der Waals surface area contributed by atoms with E-state index < -0.39 is 0 Å². The second kappa shape index (κ2) is 5.53. The fraction of sp³-hybridized carbons (Fsp3) is 0.353. The van der Waals surface area contributed by atoms with E-state index in [2.05, 4.69) is 33.2 Å². The number of likely N-dealkylation sites (tertiary alicyclic amines) is 1. The Morgan fingerprint density at radius 3 is 2.91 bits per heavy atom. The maximum absolute atomic E-state index is 12.5. The van der Waals surface area contributed by atoms with Crippen LogP contribution in [0.2, 0.25) is 0 Å². The van der Waals surface area contributed by atoms with Crippen molar-refractivity contribution in [1.29, 1.82) is 0 Å². The predicted octanol–water partition coefficient (Wildman–Crippen LogP) is 1.47. The Bertz CT molecular complexity index is 830. The van der Waals surface area contributed by atoms with Crippen LogP contribution >= 0.6 is 0 Å². The number of amides is 1. The molecule has 118 valence electrons. The summed E-state index contributed by atoms with van der Waals surface area (Å²) in [6.45, 7) is 2.45. The molecule has 1 saturated heterocycles. The summed E-state index contributed by atoms with van der Waals surface area (Å²) in [5.41, 5.74) is 2.27. The van der Waals surface area contributed by atoms with E-state index in [1.165, 1.54) is 10.9 Å². The molecule has 3 aromatic rings. The van der Waals surface area contributed by atoms with Gasteiger partial charge in [0.1, 0.15) is 0 Å². The molecule has 0 saturated carbocycles. The van der Waals surface area contributed by atoms with E-state index in [-0.39, 0.29) is 5.91 Å². The van der Waals surface area contributed by atoms with Crippen molar-refractivity contribution in [2.45, 2.75) is 13.0 Å². The number of aryl methyl sites for hydroxylation is 1. The second-order valence-corrected chi connectivity index (χ2v) is 6.25. The molecule has 3 heterocycles. The van der Waals surface area contributed by atoms with Crippen molar-refractivity contribution < 1.29 is 4.79 Å². The Morgan fingerprint density at radius 2 is 2.13 bits per heavy atom. The largest absolute Gasteiger partial charge is 0.350 e. The van der Waals surface area contributed by atoms with Gasteiger partial charge in [0, 0.05) is 55.9 Å². The fourth-order valence-electron chi connectivity index (χ4n) is 3.32. The van der Waals surface area contributed by atoms with Crippen LogP contribution in [-0.2, 0) is 24.8 Å². The number of aromatic nitrogens is 4. The number of para-hydroxylation sites is 1. The molecular formula is C17H19N5O. The zero-order valence-corrected chi connectivity index (χ0v) is 13.1. The molecule has 23 heavy (non-hydrogen) atoms. The standard InChI is InChI=1S/C17H19N5O/c1-20-12-14(15-4-2-3-5-16(15)20)8-17(23)21-9-13(10-21)11-22-7-6-18-19-22/h2-7,12-13H,8-11H2,1H3. The van der Waals surface area contributed by atoms with Crippen molar-refractivity contribution in [3.63, 3.8) is 0 Å². The minimum atomic E-state index is 0.205.